The second-order valence-electron chi connectivity index (χ2n) is 7.02. The summed E-state index contributed by atoms with van der Waals surface area (Å²) < 4.78 is 8.39. The normalized spacial score (nSPS) is 11.2. The number of imidazole rings is 1. The van der Waals surface area contributed by atoms with Crippen LogP contribution in [0.15, 0.2) is 62.5 Å². The maximum atomic E-state index is 12.8. The van der Waals surface area contributed by atoms with Gasteiger partial charge in [0.25, 0.3) is 0 Å². The Morgan fingerprint density at radius 3 is 2.48 bits per heavy atom. The Hall–Kier alpha value is -3.61. The number of hydrogen-bond donors (Lipinski definition) is 1. The molecule has 7 heteroatoms. The summed E-state index contributed by atoms with van der Waals surface area (Å²) in [4.78, 5) is 37.1. The zero-order valence-electron chi connectivity index (χ0n) is 16.3. The number of carbonyl (C=O) groups excluding carboxylic acids is 1. The molecule has 0 aliphatic rings. The highest BCUT2D eigenvalue weighted by Gasteiger charge is 2.15. The number of nitrogens with one attached hydrogen (secondary N) is 1. The molecule has 0 atom stereocenters. The molecule has 0 radical (unpaired) electrons. The Morgan fingerprint density at radius 1 is 1.03 bits per heavy atom. The quantitative estimate of drug-likeness (QED) is 0.529. The average molecular weight is 391 g/mol. The van der Waals surface area contributed by atoms with Crippen LogP contribution in [0.1, 0.15) is 18.9 Å². The molecular weight excluding hydrogens is 370 g/mol. The van der Waals surface area contributed by atoms with Gasteiger partial charge in [0.15, 0.2) is 0 Å². The summed E-state index contributed by atoms with van der Waals surface area (Å²) in [5, 5.41) is 3.59. The van der Waals surface area contributed by atoms with E-state index in [4.69, 9.17) is 4.42 Å². The number of carbonyl (C=O) groups is 1. The van der Waals surface area contributed by atoms with E-state index in [9.17, 15) is 14.4 Å². The SMILES string of the molecule is CCCn1c(=O)n(CC(=O)Nc2ccc3c(C)cc(=O)oc3c2)c2ccccc21. The van der Waals surface area contributed by atoms with Crippen LogP contribution in [0.25, 0.3) is 22.0 Å². The van der Waals surface area contributed by atoms with E-state index in [-0.39, 0.29) is 18.1 Å². The lowest BCUT2D eigenvalue weighted by atomic mass is 10.1. The number of hydrogen-bond acceptors (Lipinski definition) is 4. The molecule has 2 aromatic carbocycles. The van der Waals surface area contributed by atoms with E-state index in [1.807, 2.05) is 38.1 Å². The van der Waals surface area contributed by atoms with Crippen LogP contribution in [-0.4, -0.2) is 15.0 Å². The summed E-state index contributed by atoms with van der Waals surface area (Å²) in [7, 11) is 0. The first-order chi connectivity index (χ1) is 14.0. The molecule has 0 saturated carbocycles. The highest BCUT2D eigenvalue weighted by Crippen LogP contribution is 2.21. The number of para-hydroxylation sites is 2. The fourth-order valence-corrected chi connectivity index (χ4v) is 3.61. The summed E-state index contributed by atoms with van der Waals surface area (Å²) in [6.45, 7) is 4.32. The molecule has 2 heterocycles. The monoisotopic (exact) mass is 391 g/mol. The van der Waals surface area contributed by atoms with Gasteiger partial charge in [-0.1, -0.05) is 19.1 Å². The molecule has 0 aliphatic heterocycles. The Bertz CT molecular complexity index is 1340. The van der Waals surface area contributed by atoms with E-state index in [2.05, 4.69) is 5.32 Å². The second kappa shape index (κ2) is 7.43. The van der Waals surface area contributed by atoms with Crippen LogP contribution in [0.2, 0.25) is 0 Å². The number of benzene rings is 2. The minimum Gasteiger partial charge on any atom is -0.423 e. The molecule has 4 rings (SSSR count). The van der Waals surface area contributed by atoms with Crippen molar-refractivity contribution < 1.29 is 9.21 Å². The number of rotatable bonds is 5. The van der Waals surface area contributed by atoms with Crippen molar-refractivity contribution in [2.75, 3.05) is 5.32 Å². The van der Waals surface area contributed by atoms with Gasteiger partial charge in [0.2, 0.25) is 5.91 Å². The Kier molecular flexibility index (Phi) is 4.80. The number of aryl methyl sites for hydroxylation is 2. The summed E-state index contributed by atoms with van der Waals surface area (Å²) in [5.74, 6) is -0.333. The molecule has 0 saturated heterocycles. The molecule has 1 amide bonds. The number of amides is 1. The maximum absolute atomic E-state index is 12.8. The first-order valence-corrected chi connectivity index (χ1v) is 9.50. The van der Waals surface area contributed by atoms with Gasteiger partial charge >= 0.3 is 11.3 Å². The Balaban J connectivity index is 1.64. The average Bonchev–Trinajstić information content (AvgIpc) is 2.94. The third-order valence-electron chi connectivity index (χ3n) is 4.91. The van der Waals surface area contributed by atoms with Crippen LogP contribution in [0, 0.1) is 6.92 Å². The summed E-state index contributed by atoms with van der Waals surface area (Å²) in [5.41, 5.74) is 2.61. The molecule has 2 aromatic heterocycles. The van der Waals surface area contributed by atoms with E-state index in [1.165, 1.54) is 10.6 Å². The highest BCUT2D eigenvalue weighted by molar-refractivity contribution is 5.94. The van der Waals surface area contributed by atoms with Gasteiger partial charge in [-0.15, -0.1) is 0 Å². The molecule has 7 nitrogen and oxygen atoms in total. The van der Waals surface area contributed by atoms with Crippen molar-refractivity contribution in [3.63, 3.8) is 0 Å². The third kappa shape index (κ3) is 3.47. The van der Waals surface area contributed by atoms with Crippen LogP contribution < -0.4 is 16.6 Å². The molecule has 0 bridgehead atoms. The summed E-state index contributed by atoms with van der Waals surface area (Å²) in [6.07, 6.45) is 0.821. The van der Waals surface area contributed by atoms with Gasteiger partial charge in [0, 0.05) is 29.8 Å². The minimum atomic E-state index is -0.436. The second-order valence-corrected chi connectivity index (χ2v) is 7.02. The van der Waals surface area contributed by atoms with Crippen molar-refractivity contribution in [3.05, 3.63) is 75.0 Å². The molecular formula is C22H21N3O4. The molecule has 29 heavy (non-hydrogen) atoms. The molecule has 0 fully saturated rings. The molecule has 0 unspecified atom stereocenters. The highest BCUT2D eigenvalue weighted by atomic mass is 16.4. The van der Waals surface area contributed by atoms with E-state index >= 15 is 0 Å². The fourth-order valence-electron chi connectivity index (χ4n) is 3.61. The number of nitrogens with zero attached hydrogens (tertiary/aromatic N) is 2. The van der Waals surface area contributed by atoms with Crippen LogP contribution >= 0.6 is 0 Å². The van der Waals surface area contributed by atoms with Gasteiger partial charge in [-0.25, -0.2) is 9.59 Å². The topological polar surface area (TPSA) is 86.2 Å². The van der Waals surface area contributed by atoms with Crippen LogP contribution in [0.4, 0.5) is 5.69 Å². The maximum Gasteiger partial charge on any atom is 0.336 e. The summed E-state index contributed by atoms with van der Waals surface area (Å²) in [6, 6.07) is 14.0. The summed E-state index contributed by atoms with van der Waals surface area (Å²) >= 11 is 0. The molecule has 0 aliphatic carbocycles. The largest absolute Gasteiger partial charge is 0.423 e. The third-order valence-corrected chi connectivity index (χ3v) is 4.91. The predicted octanol–water partition coefficient (Wildman–Crippen LogP) is 3.27. The van der Waals surface area contributed by atoms with Crippen molar-refractivity contribution in [2.45, 2.75) is 33.4 Å². The smallest absolute Gasteiger partial charge is 0.336 e. The zero-order chi connectivity index (χ0) is 20.5. The fraction of sp³-hybridized carbons (Fsp3) is 0.227. The number of aromatic nitrogens is 2. The van der Waals surface area contributed by atoms with Gasteiger partial charge < -0.3 is 9.73 Å². The van der Waals surface area contributed by atoms with Crippen molar-refractivity contribution in [1.29, 1.82) is 0 Å². The van der Waals surface area contributed by atoms with E-state index in [0.717, 1.165) is 28.4 Å². The van der Waals surface area contributed by atoms with Gasteiger partial charge in [0.1, 0.15) is 12.1 Å². The lowest BCUT2D eigenvalue weighted by Gasteiger charge is -2.08. The van der Waals surface area contributed by atoms with Crippen molar-refractivity contribution in [1.82, 2.24) is 9.13 Å². The predicted molar refractivity (Wildman–Crippen MR) is 112 cm³/mol. The van der Waals surface area contributed by atoms with Crippen molar-refractivity contribution >= 4 is 33.6 Å². The lowest BCUT2D eigenvalue weighted by Crippen LogP contribution is -2.29. The van der Waals surface area contributed by atoms with Crippen molar-refractivity contribution in [2.24, 2.45) is 0 Å². The standard InChI is InChI=1S/C22H21N3O4/c1-3-10-24-17-6-4-5-7-18(17)25(22(24)28)13-20(26)23-15-8-9-16-14(2)11-21(27)29-19(16)12-15/h4-9,11-12H,3,10,13H2,1-2H3,(H,23,26). The Labute approximate surface area is 166 Å². The first kappa shape index (κ1) is 18.7. The molecule has 1 N–H and O–H groups in total. The zero-order valence-corrected chi connectivity index (χ0v) is 16.3. The van der Waals surface area contributed by atoms with Gasteiger partial charge in [0.05, 0.1) is 11.0 Å². The van der Waals surface area contributed by atoms with Crippen molar-refractivity contribution in [3.8, 4) is 0 Å². The van der Waals surface area contributed by atoms with E-state index < -0.39 is 5.63 Å². The van der Waals surface area contributed by atoms with E-state index in [0.29, 0.717) is 17.8 Å². The Morgan fingerprint density at radius 2 is 1.76 bits per heavy atom. The molecule has 148 valence electrons. The van der Waals surface area contributed by atoms with E-state index in [1.54, 1.807) is 22.8 Å². The van der Waals surface area contributed by atoms with Crippen LogP contribution in [0.3, 0.4) is 0 Å². The number of fused-ring (bicyclic) bond motifs is 2. The van der Waals surface area contributed by atoms with Gasteiger partial charge in [-0.2, -0.15) is 0 Å². The van der Waals surface area contributed by atoms with Crippen LogP contribution in [0.5, 0.6) is 0 Å². The molecule has 4 aromatic rings. The number of anilines is 1. The van der Waals surface area contributed by atoms with Gasteiger partial charge in [-0.3, -0.25) is 13.9 Å². The lowest BCUT2D eigenvalue weighted by molar-refractivity contribution is -0.116. The van der Waals surface area contributed by atoms with Gasteiger partial charge in [-0.05, 0) is 43.2 Å². The minimum absolute atomic E-state index is 0.105. The van der Waals surface area contributed by atoms with Crippen LogP contribution in [-0.2, 0) is 17.9 Å². The first-order valence-electron chi connectivity index (χ1n) is 9.50. The molecule has 0 spiro atoms.